The number of pyridine rings is 1. The summed E-state index contributed by atoms with van der Waals surface area (Å²) >= 11 is 5.78. The number of rotatable bonds is 6. The smallest absolute Gasteiger partial charge is 0.342 e. The van der Waals surface area contributed by atoms with E-state index in [1.54, 1.807) is 0 Å². The van der Waals surface area contributed by atoms with Crippen molar-refractivity contribution in [3.63, 3.8) is 0 Å². The molecule has 2 heterocycles. The van der Waals surface area contributed by atoms with E-state index in [4.69, 9.17) is 11.6 Å². The van der Waals surface area contributed by atoms with Crippen molar-refractivity contribution in [2.24, 2.45) is 4.99 Å². The molecule has 0 unspecified atom stereocenters. The van der Waals surface area contributed by atoms with Crippen LogP contribution >= 0.6 is 11.6 Å². The van der Waals surface area contributed by atoms with Gasteiger partial charge in [-0.05, 0) is 25.0 Å². The summed E-state index contributed by atoms with van der Waals surface area (Å²) in [7, 11) is 0. The predicted molar refractivity (Wildman–Crippen MR) is 95.3 cm³/mol. The molecular formula is C16H15ClF6N6. The van der Waals surface area contributed by atoms with E-state index in [0.717, 1.165) is 0 Å². The number of alkyl halides is 6. The van der Waals surface area contributed by atoms with Gasteiger partial charge in [-0.1, -0.05) is 31.5 Å². The van der Waals surface area contributed by atoms with Gasteiger partial charge in [0.1, 0.15) is 22.6 Å². The summed E-state index contributed by atoms with van der Waals surface area (Å²) in [4.78, 5) is 18.5. The molecule has 0 fully saturated rings. The van der Waals surface area contributed by atoms with Crippen LogP contribution in [0.2, 0.25) is 5.15 Å². The molecule has 0 aliphatic heterocycles. The summed E-state index contributed by atoms with van der Waals surface area (Å²) in [6.45, 7) is 2.51. The lowest BCUT2D eigenvalue weighted by molar-refractivity contribution is -0.143. The molecule has 0 spiro atoms. The maximum Gasteiger partial charge on any atom is 0.429 e. The first-order valence-electron chi connectivity index (χ1n) is 8.31. The number of aromatic nitrogens is 4. The molecule has 2 aromatic heterocycles. The molecule has 158 valence electrons. The van der Waals surface area contributed by atoms with Crippen LogP contribution in [0.3, 0.4) is 0 Å². The largest absolute Gasteiger partial charge is 0.429 e. The Hall–Kier alpha value is -2.50. The molecule has 6 nitrogen and oxygen atoms in total. The molecule has 0 radical (unpaired) electrons. The molecule has 0 bridgehead atoms. The average Bonchev–Trinajstić information content (AvgIpc) is 2.62. The predicted octanol–water partition coefficient (Wildman–Crippen LogP) is 5.38. The van der Waals surface area contributed by atoms with Crippen molar-refractivity contribution in [1.29, 1.82) is 0 Å². The first-order valence-corrected chi connectivity index (χ1v) is 8.68. The first-order chi connectivity index (χ1) is 13.4. The van der Waals surface area contributed by atoms with E-state index in [-0.39, 0.29) is 23.1 Å². The lowest BCUT2D eigenvalue weighted by Gasteiger charge is -2.20. The maximum atomic E-state index is 13.1. The molecule has 0 amide bonds. The van der Waals surface area contributed by atoms with Crippen LogP contribution in [-0.2, 0) is 0 Å². The second kappa shape index (κ2) is 8.89. The van der Waals surface area contributed by atoms with E-state index < -0.39 is 42.4 Å². The molecule has 0 aliphatic rings. The average molecular weight is 441 g/mol. The Morgan fingerprint density at radius 2 is 1.76 bits per heavy atom. The van der Waals surface area contributed by atoms with Gasteiger partial charge in [-0.3, -0.25) is 0 Å². The minimum absolute atomic E-state index is 0.0320. The van der Waals surface area contributed by atoms with E-state index >= 15 is 0 Å². The molecule has 2 rings (SSSR count). The van der Waals surface area contributed by atoms with Gasteiger partial charge < -0.3 is 5.32 Å². The second-order valence-corrected chi connectivity index (χ2v) is 6.07. The van der Waals surface area contributed by atoms with Crippen molar-refractivity contribution >= 4 is 29.2 Å². The summed E-state index contributed by atoms with van der Waals surface area (Å²) in [5.74, 6) is -1.57. The number of hydrogen-bond donors (Lipinski definition) is 1. The molecule has 0 saturated carbocycles. The highest BCUT2D eigenvalue weighted by atomic mass is 35.5. The maximum absolute atomic E-state index is 13.1. The summed E-state index contributed by atoms with van der Waals surface area (Å²) in [6.07, 6.45) is -10.2. The fraction of sp³-hybridized carbons (Fsp3) is 0.438. The number of nitrogens with zero attached hydrogens (tertiary/aromatic N) is 5. The fourth-order valence-electron chi connectivity index (χ4n) is 2.16. The van der Waals surface area contributed by atoms with Gasteiger partial charge in [0.15, 0.2) is 5.82 Å². The Labute approximate surface area is 166 Å². The van der Waals surface area contributed by atoms with Gasteiger partial charge in [0.25, 0.3) is 5.95 Å². The van der Waals surface area contributed by atoms with Crippen molar-refractivity contribution in [2.45, 2.75) is 45.1 Å². The van der Waals surface area contributed by atoms with E-state index in [0.29, 0.717) is 0 Å². The molecule has 13 heteroatoms. The monoisotopic (exact) mass is 440 g/mol. The fourth-order valence-corrected chi connectivity index (χ4v) is 2.33. The number of hydrogen-bond acceptors (Lipinski definition) is 6. The number of halogens is 7. The minimum Gasteiger partial charge on any atom is -0.342 e. The van der Waals surface area contributed by atoms with E-state index in [1.807, 2.05) is 0 Å². The van der Waals surface area contributed by atoms with Crippen molar-refractivity contribution in [1.82, 2.24) is 19.9 Å². The topological polar surface area (TPSA) is 76.0 Å². The van der Waals surface area contributed by atoms with Crippen LogP contribution in [0.4, 0.5) is 38.2 Å². The quantitative estimate of drug-likeness (QED) is 0.370. The second-order valence-electron chi connectivity index (χ2n) is 5.68. The third-order valence-electron chi connectivity index (χ3n) is 3.57. The van der Waals surface area contributed by atoms with Gasteiger partial charge in [-0.15, -0.1) is 0 Å². The van der Waals surface area contributed by atoms with Crippen LogP contribution in [0.5, 0.6) is 0 Å². The van der Waals surface area contributed by atoms with Crippen molar-refractivity contribution < 1.29 is 26.3 Å². The molecule has 29 heavy (non-hydrogen) atoms. The summed E-state index contributed by atoms with van der Waals surface area (Å²) in [5, 5.41) is 2.10. The van der Waals surface area contributed by atoms with E-state index in [2.05, 4.69) is 30.2 Å². The van der Waals surface area contributed by atoms with Crippen molar-refractivity contribution in [3.05, 3.63) is 23.4 Å². The molecule has 0 saturated heterocycles. The normalized spacial score (nSPS) is 14.0. The minimum atomic E-state index is -4.75. The third-order valence-corrected chi connectivity index (χ3v) is 3.78. The SMILES string of the molecule is CCC(=Nc1nc(N[C@@H](CC)C(F)(F)F)nc(-c2cccc(Cl)n2)n1)C(F)(F)F. The summed E-state index contributed by atoms with van der Waals surface area (Å²) in [6, 6.07) is 2.28. The zero-order chi connectivity index (χ0) is 21.8. The Bertz CT molecular complexity index is 883. The zero-order valence-corrected chi connectivity index (χ0v) is 15.9. The lowest BCUT2D eigenvalue weighted by atomic mass is 10.2. The van der Waals surface area contributed by atoms with Crippen LogP contribution < -0.4 is 5.32 Å². The molecule has 0 aliphatic carbocycles. The Morgan fingerprint density at radius 1 is 1.07 bits per heavy atom. The third kappa shape index (κ3) is 6.24. The highest BCUT2D eigenvalue weighted by Gasteiger charge is 2.39. The van der Waals surface area contributed by atoms with Crippen LogP contribution in [0, 0.1) is 0 Å². The van der Waals surface area contributed by atoms with Gasteiger partial charge in [-0.2, -0.15) is 41.3 Å². The summed E-state index contributed by atoms with van der Waals surface area (Å²) in [5.41, 5.74) is -1.16. The van der Waals surface area contributed by atoms with Gasteiger partial charge >= 0.3 is 12.4 Å². The highest BCUT2D eigenvalue weighted by Crippen LogP contribution is 2.27. The number of anilines is 1. The van der Waals surface area contributed by atoms with Gasteiger partial charge in [0.05, 0.1) is 0 Å². The molecule has 2 aromatic rings. The zero-order valence-electron chi connectivity index (χ0n) is 15.1. The molecule has 1 atom stereocenters. The van der Waals surface area contributed by atoms with Crippen molar-refractivity contribution in [2.75, 3.05) is 5.32 Å². The van der Waals surface area contributed by atoms with Gasteiger partial charge in [0.2, 0.25) is 5.95 Å². The van der Waals surface area contributed by atoms with Crippen molar-refractivity contribution in [3.8, 4) is 11.5 Å². The van der Waals surface area contributed by atoms with Crippen LogP contribution in [0.25, 0.3) is 11.5 Å². The Morgan fingerprint density at radius 3 is 2.28 bits per heavy atom. The van der Waals surface area contributed by atoms with Gasteiger partial charge in [-0.25, -0.2) is 9.98 Å². The summed E-state index contributed by atoms with van der Waals surface area (Å²) < 4.78 is 78.2. The van der Waals surface area contributed by atoms with Gasteiger partial charge in [0, 0.05) is 0 Å². The molecule has 1 N–H and O–H groups in total. The van der Waals surface area contributed by atoms with E-state index in [9.17, 15) is 26.3 Å². The number of aliphatic imine (C=N–C) groups is 1. The molecule has 0 aromatic carbocycles. The Kier molecular flexibility index (Phi) is 6.98. The lowest BCUT2D eigenvalue weighted by Crippen LogP contribution is -2.36. The van der Waals surface area contributed by atoms with Crippen LogP contribution in [0.1, 0.15) is 26.7 Å². The van der Waals surface area contributed by atoms with Crippen LogP contribution in [0.15, 0.2) is 23.2 Å². The van der Waals surface area contributed by atoms with E-state index in [1.165, 1.54) is 32.0 Å². The number of nitrogens with one attached hydrogen (secondary N) is 1. The molecular weight excluding hydrogens is 426 g/mol. The standard InChI is InChI=1S/C16H15ClF6N6/c1-3-9(15(18,19)20)25-13-27-12(8-6-5-7-11(17)24-8)28-14(29-13)26-10(4-2)16(21,22)23/h5-7,9H,3-4H2,1-2H3,(H,25,27,28,29)/t9-/m0/s1. The first kappa shape index (κ1) is 22.8. The highest BCUT2D eigenvalue weighted by molar-refractivity contribution is 6.29. The van der Waals surface area contributed by atoms with Crippen LogP contribution in [-0.4, -0.2) is 44.0 Å². The Balaban J connectivity index is 2.59.